The molecule has 0 saturated carbocycles. The van der Waals surface area contributed by atoms with Crippen molar-refractivity contribution in [1.82, 2.24) is 0 Å². The summed E-state index contributed by atoms with van der Waals surface area (Å²) in [5.41, 5.74) is 4.67. The van der Waals surface area contributed by atoms with Gasteiger partial charge >= 0.3 is 0 Å². The molecule has 110 valence electrons. The Bertz CT molecular complexity index is 657. The van der Waals surface area contributed by atoms with E-state index in [1.54, 1.807) is 6.07 Å². The molecule has 0 atom stereocenters. The van der Waals surface area contributed by atoms with Crippen LogP contribution in [0.1, 0.15) is 61.0 Å². The molecule has 0 fully saturated rings. The molecule has 0 aromatic heterocycles. The van der Waals surface area contributed by atoms with Gasteiger partial charge < -0.3 is 0 Å². The fraction of sp³-hybridized carbons (Fsp3) is 0.316. The van der Waals surface area contributed by atoms with Gasteiger partial charge in [0.1, 0.15) is 5.82 Å². The van der Waals surface area contributed by atoms with Gasteiger partial charge in [0.25, 0.3) is 0 Å². The van der Waals surface area contributed by atoms with Crippen LogP contribution >= 0.6 is 0 Å². The van der Waals surface area contributed by atoms with Crippen LogP contribution in [0.3, 0.4) is 0 Å². The summed E-state index contributed by atoms with van der Waals surface area (Å²) >= 11 is 0. The third kappa shape index (κ3) is 3.21. The lowest BCUT2D eigenvalue weighted by Gasteiger charge is -2.17. The Morgan fingerprint density at radius 3 is 2.14 bits per heavy atom. The molecule has 0 aliphatic rings. The molecule has 2 rings (SSSR count). The van der Waals surface area contributed by atoms with Crippen molar-refractivity contribution in [2.45, 2.75) is 39.5 Å². The number of rotatable bonds is 4. The first-order valence-corrected chi connectivity index (χ1v) is 7.33. The Morgan fingerprint density at radius 2 is 1.57 bits per heavy atom. The fourth-order valence-electron chi connectivity index (χ4n) is 2.54. The van der Waals surface area contributed by atoms with Gasteiger partial charge in [-0.3, -0.25) is 4.79 Å². The topological polar surface area (TPSA) is 17.1 Å². The van der Waals surface area contributed by atoms with Gasteiger partial charge in [0.15, 0.2) is 6.29 Å². The van der Waals surface area contributed by atoms with E-state index in [-0.39, 0.29) is 5.82 Å². The summed E-state index contributed by atoms with van der Waals surface area (Å²) in [5.74, 6) is 0.407. The fourth-order valence-corrected chi connectivity index (χ4v) is 2.54. The average Bonchev–Trinajstić information content (AvgIpc) is 2.46. The minimum atomic E-state index is -0.384. The molecule has 0 N–H and O–H groups in total. The number of carbonyl (C=O) groups excluding carboxylic acids is 1. The number of halogens is 1. The van der Waals surface area contributed by atoms with E-state index in [0.717, 1.165) is 17.4 Å². The van der Waals surface area contributed by atoms with Gasteiger partial charge in [0, 0.05) is 5.56 Å². The highest BCUT2D eigenvalue weighted by molar-refractivity contribution is 5.88. The van der Waals surface area contributed by atoms with Crippen molar-refractivity contribution < 1.29 is 9.18 Å². The maximum atomic E-state index is 13.3. The Hall–Kier alpha value is -1.96. The molecule has 0 aliphatic heterocycles. The van der Waals surface area contributed by atoms with Crippen LogP contribution in [0.25, 0.3) is 11.1 Å². The zero-order valence-electron chi connectivity index (χ0n) is 13.0. The molecule has 0 unspecified atom stereocenters. The predicted octanol–water partition coefficient (Wildman–Crippen LogP) is 5.55. The van der Waals surface area contributed by atoms with Crippen LogP contribution in [-0.2, 0) is 0 Å². The van der Waals surface area contributed by atoms with E-state index in [1.807, 2.05) is 6.07 Å². The van der Waals surface area contributed by atoms with E-state index in [1.165, 1.54) is 23.3 Å². The summed E-state index contributed by atoms with van der Waals surface area (Å²) in [6.45, 7) is 8.59. The monoisotopic (exact) mass is 284 g/mol. The summed E-state index contributed by atoms with van der Waals surface area (Å²) in [6, 6.07) is 10.7. The van der Waals surface area contributed by atoms with Gasteiger partial charge in [-0.15, -0.1) is 0 Å². The molecular formula is C19H21FO. The molecular weight excluding hydrogens is 263 g/mol. The molecule has 2 aromatic carbocycles. The first kappa shape index (κ1) is 15.4. The van der Waals surface area contributed by atoms with Crippen molar-refractivity contribution >= 4 is 6.29 Å². The van der Waals surface area contributed by atoms with Crippen molar-refractivity contribution in [1.29, 1.82) is 0 Å². The normalized spacial score (nSPS) is 11.2. The quantitative estimate of drug-likeness (QED) is 0.672. The molecule has 0 saturated heterocycles. The van der Waals surface area contributed by atoms with Gasteiger partial charge in [-0.1, -0.05) is 52.0 Å². The second kappa shape index (κ2) is 6.21. The molecule has 2 aromatic rings. The highest BCUT2D eigenvalue weighted by Crippen LogP contribution is 2.33. The maximum absolute atomic E-state index is 13.3. The molecule has 1 nitrogen and oxygen atoms in total. The number of aldehydes is 1. The molecule has 0 heterocycles. The van der Waals surface area contributed by atoms with E-state index < -0.39 is 0 Å². The zero-order valence-corrected chi connectivity index (χ0v) is 13.0. The Balaban J connectivity index is 2.66. The van der Waals surface area contributed by atoms with Gasteiger partial charge in [0.05, 0.1) is 0 Å². The summed E-state index contributed by atoms with van der Waals surface area (Å²) < 4.78 is 13.3. The van der Waals surface area contributed by atoms with Crippen LogP contribution in [0.4, 0.5) is 4.39 Å². The third-order valence-electron chi connectivity index (χ3n) is 3.80. The van der Waals surface area contributed by atoms with Crippen LogP contribution in [-0.4, -0.2) is 6.29 Å². The van der Waals surface area contributed by atoms with Crippen molar-refractivity contribution in [3.63, 3.8) is 0 Å². The molecule has 0 radical (unpaired) electrons. The Kier molecular flexibility index (Phi) is 4.56. The van der Waals surface area contributed by atoms with Gasteiger partial charge in [0.2, 0.25) is 0 Å². The van der Waals surface area contributed by atoms with E-state index in [2.05, 4.69) is 39.8 Å². The predicted molar refractivity (Wildman–Crippen MR) is 85.4 cm³/mol. The zero-order chi connectivity index (χ0) is 15.6. The number of hydrogen-bond donors (Lipinski definition) is 0. The van der Waals surface area contributed by atoms with Crippen LogP contribution in [0.15, 0.2) is 36.4 Å². The SMILES string of the molecule is CC(C)c1ccc(-c2ccc(F)cc2C=O)c(C(C)C)c1. The third-order valence-corrected chi connectivity index (χ3v) is 3.80. The molecule has 21 heavy (non-hydrogen) atoms. The molecule has 2 heteroatoms. The van der Waals surface area contributed by atoms with Gasteiger partial charge in [-0.2, -0.15) is 0 Å². The minimum absolute atomic E-state index is 0.336. The Labute approximate surface area is 125 Å². The summed E-state index contributed by atoms with van der Waals surface area (Å²) in [4.78, 5) is 11.2. The van der Waals surface area contributed by atoms with Crippen LogP contribution in [0.5, 0.6) is 0 Å². The highest BCUT2D eigenvalue weighted by atomic mass is 19.1. The molecule has 0 amide bonds. The van der Waals surface area contributed by atoms with Gasteiger partial charge in [-0.05, 0) is 46.2 Å². The molecule has 0 bridgehead atoms. The first-order chi connectivity index (χ1) is 9.93. The number of hydrogen-bond acceptors (Lipinski definition) is 1. The molecule has 0 spiro atoms. The first-order valence-electron chi connectivity index (χ1n) is 7.33. The summed E-state index contributed by atoms with van der Waals surface area (Å²) in [7, 11) is 0. The summed E-state index contributed by atoms with van der Waals surface area (Å²) in [5, 5.41) is 0. The Morgan fingerprint density at radius 1 is 0.905 bits per heavy atom. The lowest BCUT2D eigenvalue weighted by molar-refractivity contribution is 0.112. The minimum Gasteiger partial charge on any atom is -0.298 e. The standard InChI is InChI=1S/C19H21FO/c1-12(2)14-5-7-18(19(10-14)13(3)4)17-8-6-16(20)9-15(17)11-21/h5-13H,1-4H3. The summed E-state index contributed by atoms with van der Waals surface area (Å²) in [6.07, 6.45) is 0.721. The maximum Gasteiger partial charge on any atom is 0.150 e. The van der Waals surface area contributed by atoms with E-state index in [0.29, 0.717) is 17.4 Å². The van der Waals surface area contributed by atoms with E-state index in [4.69, 9.17) is 0 Å². The smallest absolute Gasteiger partial charge is 0.150 e. The van der Waals surface area contributed by atoms with Crippen LogP contribution < -0.4 is 0 Å². The van der Waals surface area contributed by atoms with Crippen molar-refractivity contribution in [3.05, 3.63) is 58.9 Å². The molecule has 0 aliphatic carbocycles. The largest absolute Gasteiger partial charge is 0.298 e. The van der Waals surface area contributed by atoms with Crippen molar-refractivity contribution in [2.24, 2.45) is 0 Å². The average molecular weight is 284 g/mol. The van der Waals surface area contributed by atoms with Gasteiger partial charge in [-0.25, -0.2) is 4.39 Å². The van der Waals surface area contributed by atoms with Crippen LogP contribution in [0.2, 0.25) is 0 Å². The second-order valence-corrected chi connectivity index (χ2v) is 6.01. The number of carbonyl (C=O) groups is 1. The second-order valence-electron chi connectivity index (χ2n) is 6.01. The van der Waals surface area contributed by atoms with Crippen LogP contribution in [0, 0.1) is 5.82 Å². The lowest BCUT2D eigenvalue weighted by Crippen LogP contribution is -1.99. The highest BCUT2D eigenvalue weighted by Gasteiger charge is 2.14. The van der Waals surface area contributed by atoms with Crippen molar-refractivity contribution in [2.75, 3.05) is 0 Å². The van der Waals surface area contributed by atoms with E-state index in [9.17, 15) is 9.18 Å². The van der Waals surface area contributed by atoms with Crippen molar-refractivity contribution in [3.8, 4) is 11.1 Å². The number of benzene rings is 2. The van der Waals surface area contributed by atoms with E-state index >= 15 is 0 Å². The lowest BCUT2D eigenvalue weighted by atomic mass is 9.87.